The number of nitrogens with one attached hydrogen (secondary N) is 1. The van der Waals surface area contributed by atoms with Crippen molar-refractivity contribution in [1.82, 2.24) is 4.72 Å². The van der Waals surface area contributed by atoms with Crippen molar-refractivity contribution in [2.75, 3.05) is 13.7 Å². The van der Waals surface area contributed by atoms with Crippen molar-refractivity contribution in [1.29, 1.82) is 0 Å². The monoisotopic (exact) mass is 374 g/mol. The van der Waals surface area contributed by atoms with E-state index in [4.69, 9.17) is 9.47 Å². The highest BCUT2D eigenvalue weighted by Crippen LogP contribution is 2.30. The molecular weight excluding hydrogens is 352 g/mol. The summed E-state index contributed by atoms with van der Waals surface area (Å²) in [5, 5.41) is 0. The highest BCUT2D eigenvalue weighted by molar-refractivity contribution is 7.89. The summed E-state index contributed by atoms with van der Waals surface area (Å²) >= 11 is 0. The number of nitrogens with zero attached hydrogens (tertiary/aromatic N) is 1. The maximum absolute atomic E-state index is 12.5. The van der Waals surface area contributed by atoms with Crippen LogP contribution in [0.25, 0.3) is 0 Å². The van der Waals surface area contributed by atoms with Crippen LogP contribution in [0.5, 0.6) is 0 Å². The van der Waals surface area contributed by atoms with Gasteiger partial charge in [0.2, 0.25) is 15.9 Å². The fourth-order valence-electron chi connectivity index (χ4n) is 2.86. The Kier molecular flexibility index (Phi) is 5.70. The molecule has 0 unspecified atom stereocenters. The van der Waals surface area contributed by atoms with Gasteiger partial charge in [0, 0.05) is 7.11 Å². The lowest BCUT2D eigenvalue weighted by atomic mass is 10.0. The van der Waals surface area contributed by atoms with E-state index in [0.717, 1.165) is 5.56 Å². The van der Waals surface area contributed by atoms with Crippen LogP contribution in [0.1, 0.15) is 18.6 Å². The summed E-state index contributed by atoms with van der Waals surface area (Å²) in [6.07, 6.45) is -0.296. The van der Waals surface area contributed by atoms with Gasteiger partial charge in [-0.2, -0.15) is 4.72 Å². The van der Waals surface area contributed by atoms with Crippen LogP contribution in [0, 0.1) is 0 Å². The Morgan fingerprint density at radius 1 is 1.12 bits per heavy atom. The van der Waals surface area contributed by atoms with E-state index in [1.807, 2.05) is 30.3 Å². The first-order chi connectivity index (χ1) is 12.5. The molecule has 3 rings (SSSR count). The number of rotatable bonds is 7. The third-order valence-corrected chi connectivity index (χ3v) is 5.67. The van der Waals surface area contributed by atoms with Crippen LogP contribution < -0.4 is 4.72 Å². The Morgan fingerprint density at radius 2 is 1.73 bits per heavy atom. The fraction of sp³-hybridized carbons (Fsp3) is 0.316. The molecule has 0 radical (unpaired) electrons. The molecule has 0 saturated heterocycles. The maximum atomic E-state index is 12.5. The smallest absolute Gasteiger partial charge is 0.241 e. The van der Waals surface area contributed by atoms with Crippen LogP contribution in [-0.4, -0.2) is 40.1 Å². The maximum Gasteiger partial charge on any atom is 0.241 e. The minimum Gasteiger partial charge on any atom is -0.469 e. The van der Waals surface area contributed by atoms with E-state index in [1.54, 1.807) is 44.4 Å². The minimum absolute atomic E-state index is 0.207. The van der Waals surface area contributed by atoms with Gasteiger partial charge in [0.15, 0.2) is 0 Å². The molecule has 0 fully saturated rings. The molecule has 0 amide bonds. The number of methoxy groups -OCH3 is 1. The van der Waals surface area contributed by atoms with Gasteiger partial charge in [-0.05, 0) is 24.6 Å². The first-order valence-electron chi connectivity index (χ1n) is 8.37. The molecule has 0 bridgehead atoms. The van der Waals surface area contributed by atoms with Crippen LogP contribution in [0.2, 0.25) is 0 Å². The van der Waals surface area contributed by atoms with Gasteiger partial charge in [-0.1, -0.05) is 48.5 Å². The number of aliphatic imine (C=N–C) groups is 1. The van der Waals surface area contributed by atoms with Gasteiger partial charge < -0.3 is 9.47 Å². The summed E-state index contributed by atoms with van der Waals surface area (Å²) in [7, 11) is -2.04. The van der Waals surface area contributed by atoms with Gasteiger partial charge in [-0.15, -0.1) is 0 Å². The highest BCUT2D eigenvalue weighted by Gasteiger charge is 2.35. The molecule has 6 nitrogen and oxygen atoms in total. The third kappa shape index (κ3) is 4.12. The molecular formula is C19H22N2O4S. The molecule has 3 atom stereocenters. The van der Waals surface area contributed by atoms with Gasteiger partial charge in [0.25, 0.3) is 0 Å². The molecule has 1 N–H and O–H groups in total. The zero-order valence-corrected chi connectivity index (χ0v) is 15.5. The number of sulfonamides is 1. The molecule has 2 aromatic carbocycles. The van der Waals surface area contributed by atoms with Crippen molar-refractivity contribution in [3.8, 4) is 0 Å². The first-order valence-corrected chi connectivity index (χ1v) is 9.85. The summed E-state index contributed by atoms with van der Waals surface area (Å²) in [6.45, 7) is 2.11. The van der Waals surface area contributed by atoms with E-state index in [0.29, 0.717) is 12.5 Å². The molecule has 0 aromatic heterocycles. The molecule has 26 heavy (non-hydrogen) atoms. The van der Waals surface area contributed by atoms with Crippen molar-refractivity contribution in [2.45, 2.75) is 30.0 Å². The lowest BCUT2D eigenvalue weighted by Crippen LogP contribution is -2.38. The lowest BCUT2D eigenvalue weighted by Gasteiger charge is -2.19. The Hall–Kier alpha value is -2.22. The van der Waals surface area contributed by atoms with Crippen LogP contribution in [0.4, 0.5) is 0 Å². The predicted molar refractivity (Wildman–Crippen MR) is 99.6 cm³/mol. The normalized spacial score (nSPS) is 21.1. The predicted octanol–water partition coefficient (Wildman–Crippen LogP) is 2.54. The van der Waals surface area contributed by atoms with E-state index in [1.165, 1.54) is 0 Å². The van der Waals surface area contributed by atoms with Gasteiger partial charge >= 0.3 is 0 Å². The molecule has 1 aliphatic rings. The van der Waals surface area contributed by atoms with Crippen molar-refractivity contribution in [2.24, 2.45) is 4.99 Å². The van der Waals surface area contributed by atoms with Crippen LogP contribution in [-0.2, 0) is 19.5 Å². The Bertz CT molecular complexity index is 854. The van der Waals surface area contributed by atoms with E-state index in [9.17, 15) is 8.42 Å². The summed E-state index contributed by atoms with van der Waals surface area (Å²) in [5.41, 5.74) is 0.978. The Balaban J connectivity index is 1.77. The first kappa shape index (κ1) is 18.6. The SMILES string of the molecule is COC[C@@H]1N=C([C@H](C)NS(=O)(=O)c2ccccc2)O[C@H]1c1ccccc1. The number of hydrogen-bond acceptors (Lipinski definition) is 5. The van der Waals surface area contributed by atoms with Crippen molar-refractivity contribution in [3.05, 3.63) is 66.2 Å². The average molecular weight is 374 g/mol. The van der Waals surface area contributed by atoms with E-state index >= 15 is 0 Å². The van der Waals surface area contributed by atoms with Crippen molar-refractivity contribution < 1.29 is 17.9 Å². The Labute approximate surface area is 153 Å². The highest BCUT2D eigenvalue weighted by atomic mass is 32.2. The average Bonchev–Trinajstić information content (AvgIpc) is 3.07. The zero-order chi connectivity index (χ0) is 18.6. The van der Waals surface area contributed by atoms with Gasteiger partial charge in [0.05, 0.1) is 17.5 Å². The Morgan fingerprint density at radius 3 is 2.35 bits per heavy atom. The van der Waals surface area contributed by atoms with Crippen LogP contribution >= 0.6 is 0 Å². The topological polar surface area (TPSA) is 77.0 Å². The number of benzene rings is 2. The van der Waals surface area contributed by atoms with E-state index in [2.05, 4.69) is 9.71 Å². The van der Waals surface area contributed by atoms with E-state index in [-0.39, 0.29) is 17.0 Å². The molecule has 2 aromatic rings. The van der Waals surface area contributed by atoms with Crippen LogP contribution in [0.15, 0.2) is 70.6 Å². The number of ether oxygens (including phenoxy) is 2. The number of hydrogen-bond donors (Lipinski definition) is 1. The van der Waals surface area contributed by atoms with Crippen molar-refractivity contribution >= 4 is 15.9 Å². The molecule has 138 valence electrons. The summed E-state index contributed by atoms with van der Waals surface area (Å²) < 4.78 is 38.9. The largest absolute Gasteiger partial charge is 0.469 e. The molecule has 0 saturated carbocycles. The third-order valence-electron chi connectivity index (χ3n) is 4.11. The standard InChI is InChI=1S/C19H22N2O4S/c1-14(21-26(22,23)16-11-7-4-8-12-16)19-20-17(13-24-2)18(25-19)15-9-5-3-6-10-15/h3-12,14,17-18,21H,13H2,1-2H3/t14-,17-,18-/m0/s1. The molecule has 1 aliphatic heterocycles. The van der Waals surface area contributed by atoms with E-state index < -0.39 is 16.1 Å². The quantitative estimate of drug-likeness (QED) is 0.808. The molecule has 7 heteroatoms. The second-order valence-electron chi connectivity index (χ2n) is 6.10. The summed E-state index contributed by atoms with van der Waals surface area (Å²) in [6, 6.07) is 17.1. The minimum atomic E-state index is -3.65. The molecule has 0 aliphatic carbocycles. The second-order valence-corrected chi connectivity index (χ2v) is 7.81. The van der Waals surface area contributed by atoms with Gasteiger partial charge in [-0.3, -0.25) is 0 Å². The summed E-state index contributed by atoms with van der Waals surface area (Å²) in [4.78, 5) is 4.76. The second kappa shape index (κ2) is 7.99. The molecule has 0 spiro atoms. The molecule has 1 heterocycles. The van der Waals surface area contributed by atoms with Gasteiger partial charge in [-0.25, -0.2) is 13.4 Å². The van der Waals surface area contributed by atoms with Gasteiger partial charge in [0.1, 0.15) is 12.1 Å². The van der Waals surface area contributed by atoms with Crippen LogP contribution in [0.3, 0.4) is 0 Å². The fourth-order valence-corrected chi connectivity index (χ4v) is 4.08. The summed E-state index contributed by atoms with van der Waals surface area (Å²) in [5.74, 6) is 0.361. The lowest BCUT2D eigenvalue weighted by molar-refractivity contribution is 0.118. The zero-order valence-electron chi connectivity index (χ0n) is 14.7. The van der Waals surface area contributed by atoms with Crippen molar-refractivity contribution in [3.63, 3.8) is 0 Å².